The van der Waals surface area contributed by atoms with Gasteiger partial charge >= 0.3 is 0 Å². The lowest BCUT2D eigenvalue weighted by Crippen LogP contribution is -2.00. The van der Waals surface area contributed by atoms with Crippen LogP contribution in [0.25, 0.3) is 10.6 Å². The second-order valence-electron chi connectivity index (χ2n) is 5.01. The number of ketones is 1. The molecule has 0 spiro atoms. The maximum absolute atomic E-state index is 11.4. The Morgan fingerprint density at radius 2 is 2.21 bits per heavy atom. The quantitative estimate of drug-likeness (QED) is 0.531. The van der Waals surface area contributed by atoms with Gasteiger partial charge in [-0.2, -0.15) is 0 Å². The van der Waals surface area contributed by atoms with Crippen LogP contribution in [0.2, 0.25) is 0 Å². The summed E-state index contributed by atoms with van der Waals surface area (Å²) in [6.45, 7) is 5.31. The fraction of sp³-hybridized carbons (Fsp3) is 0.111. The molecule has 0 bridgehead atoms. The van der Waals surface area contributed by atoms with Crippen LogP contribution in [-0.4, -0.2) is 22.5 Å². The summed E-state index contributed by atoms with van der Waals surface area (Å²) < 4.78 is 0. The molecule has 124 valence electrons. The SMILES string of the molecule is C=C(/C=C(\C=C/N)CO)Nc1cccc(-c2ccc(C(C)=O)s2)n1. The Kier molecular flexibility index (Phi) is 6.06. The van der Waals surface area contributed by atoms with Gasteiger partial charge in [0, 0.05) is 5.70 Å². The van der Waals surface area contributed by atoms with Crippen molar-refractivity contribution in [2.45, 2.75) is 6.92 Å². The van der Waals surface area contributed by atoms with Crippen LogP contribution in [0, 0.1) is 0 Å². The van der Waals surface area contributed by atoms with Crippen LogP contribution in [0.1, 0.15) is 16.6 Å². The summed E-state index contributed by atoms with van der Waals surface area (Å²) >= 11 is 1.41. The van der Waals surface area contributed by atoms with Crippen molar-refractivity contribution in [3.63, 3.8) is 0 Å². The molecular formula is C18H19N3O2S. The summed E-state index contributed by atoms with van der Waals surface area (Å²) in [5.41, 5.74) is 7.32. The largest absolute Gasteiger partial charge is 0.405 e. The fourth-order valence-corrected chi connectivity index (χ4v) is 2.87. The van der Waals surface area contributed by atoms with Crippen LogP contribution in [0.5, 0.6) is 0 Å². The van der Waals surface area contributed by atoms with Gasteiger partial charge < -0.3 is 16.2 Å². The van der Waals surface area contributed by atoms with Crippen molar-refractivity contribution in [2.75, 3.05) is 11.9 Å². The summed E-state index contributed by atoms with van der Waals surface area (Å²) in [5, 5.41) is 12.3. The Morgan fingerprint density at radius 3 is 2.83 bits per heavy atom. The zero-order valence-corrected chi connectivity index (χ0v) is 14.1. The molecule has 2 rings (SSSR count). The van der Waals surface area contributed by atoms with Gasteiger partial charge in [-0.25, -0.2) is 4.98 Å². The average molecular weight is 341 g/mol. The monoisotopic (exact) mass is 341 g/mol. The van der Waals surface area contributed by atoms with E-state index in [9.17, 15) is 9.90 Å². The molecule has 5 nitrogen and oxygen atoms in total. The molecule has 0 unspecified atom stereocenters. The summed E-state index contributed by atoms with van der Waals surface area (Å²) in [4.78, 5) is 17.6. The zero-order chi connectivity index (χ0) is 17.5. The molecule has 4 N–H and O–H groups in total. The van der Waals surface area contributed by atoms with Crippen molar-refractivity contribution in [2.24, 2.45) is 5.73 Å². The summed E-state index contributed by atoms with van der Waals surface area (Å²) in [6, 6.07) is 9.27. The first kappa shape index (κ1) is 17.7. The van der Waals surface area contributed by atoms with Gasteiger partial charge in [-0.05, 0) is 55.1 Å². The Labute approximate surface area is 144 Å². The van der Waals surface area contributed by atoms with Gasteiger partial charge in [-0.15, -0.1) is 11.3 Å². The molecule has 0 atom stereocenters. The van der Waals surface area contributed by atoms with E-state index in [1.165, 1.54) is 17.5 Å². The number of hydrogen-bond donors (Lipinski definition) is 3. The van der Waals surface area contributed by atoms with Gasteiger partial charge in [-0.1, -0.05) is 12.6 Å². The number of thiophene rings is 1. The van der Waals surface area contributed by atoms with Crippen molar-refractivity contribution in [1.82, 2.24) is 4.98 Å². The number of nitrogens with one attached hydrogen (secondary N) is 1. The second-order valence-corrected chi connectivity index (χ2v) is 6.10. The number of allylic oxidation sites excluding steroid dienone is 1. The number of carbonyl (C=O) groups is 1. The highest BCUT2D eigenvalue weighted by Crippen LogP contribution is 2.28. The molecule has 0 radical (unpaired) electrons. The first-order valence-electron chi connectivity index (χ1n) is 7.27. The predicted molar refractivity (Wildman–Crippen MR) is 98.8 cm³/mol. The van der Waals surface area contributed by atoms with E-state index >= 15 is 0 Å². The lowest BCUT2D eigenvalue weighted by atomic mass is 10.2. The molecule has 0 amide bonds. The molecular weight excluding hydrogens is 322 g/mol. The van der Waals surface area contributed by atoms with Gasteiger partial charge in [0.2, 0.25) is 0 Å². The number of Topliss-reactive ketones (excluding diaryl/α,β-unsaturated/α-hetero) is 1. The van der Waals surface area contributed by atoms with Crippen LogP contribution in [0.15, 0.2) is 66.5 Å². The number of carbonyl (C=O) groups excluding carboxylic acids is 1. The highest BCUT2D eigenvalue weighted by Gasteiger charge is 2.08. The van der Waals surface area contributed by atoms with Gasteiger partial charge in [0.05, 0.1) is 22.1 Å². The predicted octanol–water partition coefficient (Wildman–Crippen LogP) is 3.33. The van der Waals surface area contributed by atoms with Crippen molar-refractivity contribution in [1.29, 1.82) is 0 Å². The molecule has 0 aliphatic rings. The van der Waals surface area contributed by atoms with Crippen LogP contribution in [0.3, 0.4) is 0 Å². The Hall–Kier alpha value is -2.70. The molecule has 0 aliphatic carbocycles. The van der Waals surface area contributed by atoms with E-state index in [1.807, 2.05) is 24.3 Å². The van der Waals surface area contributed by atoms with Crippen molar-refractivity contribution in [3.05, 3.63) is 71.4 Å². The number of aliphatic hydroxyl groups excluding tert-OH is 1. The highest BCUT2D eigenvalue weighted by molar-refractivity contribution is 7.17. The molecule has 2 heterocycles. The first-order valence-corrected chi connectivity index (χ1v) is 8.09. The Morgan fingerprint density at radius 1 is 1.42 bits per heavy atom. The van der Waals surface area contributed by atoms with E-state index in [0.717, 1.165) is 10.6 Å². The molecule has 2 aromatic heterocycles. The average Bonchev–Trinajstić information content (AvgIpc) is 3.05. The first-order chi connectivity index (χ1) is 11.5. The third kappa shape index (κ3) is 4.65. The van der Waals surface area contributed by atoms with E-state index in [-0.39, 0.29) is 12.4 Å². The number of hydrogen-bond acceptors (Lipinski definition) is 6. The summed E-state index contributed by atoms with van der Waals surface area (Å²) in [7, 11) is 0. The number of nitrogens with two attached hydrogens (primary N) is 1. The summed E-state index contributed by atoms with van der Waals surface area (Å²) in [5.74, 6) is 0.670. The third-order valence-electron chi connectivity index (χ3n) is 3.10. The molecule has 0 aliphatic heterocycles. The standard InChI is InChI=1S/C18H19N3O2S/c1-12(10-14(11-22)8-9-19)20-18-5-3-4-15(21-18)17-7-6-16(24-17)13(2)23/h3-10,22H,1,11,19H2,2H3,(H,20,21)/b9-8-,14-10+. The zero-order valence-electron chi connectivity index (χ0n) is 13.3. The lowest BCUT2D eigenvalue weighted by molar-refractivity contribution is 0.102. The van der Waals surface area contributed by atoms with Gasteiger partial charge in [0.25, 0.3) is 0 Å². The highest BCUT2D eigenvalue weighted by atomic mass is 32.1. The Balaban J connectivity index is 2.18. The van der Waals surface area contributed by atoms with Crippen molar-refractivity contribution in [3.8, 4) is 10.6 Å². The van der Waals surface area contributed by atoms with E-state index in [1.54, 1.807) is 25.1 Å². The molecule has 24 heavy (non-hydrogen) atoms. The van der Waals surface area contributed by atoms with E-state index in [0.29, 0.717) is 22.0 Å². The van der Waals surface area contributed by atoms with Crippen molar-refractivity contribution < 1.29 is 9.90 Å². The van der Waals surface area contributed by atoms with Gasteiger partial charge in [-0.3, -0.25) is 4.79 Å². The fourth-order valence-electron chi connectivity index (χ4n) is 2.00. The molecule has 0 saturated heterocycles. The number of nitrogens with zero attached hydrogens (tertiary/aromatic N) is 1. The number of aliphatic hydroxyl groups is 1. The smallest absolute Gasteiger partial charge is 0.169 e. The summed E-state index contributed by atoms with van der Waals surface area (Å²) in [6.07, 6.45) is 4.65. The van der Waals surface area contributed by atoms with Crippen LogP contribution in [-0.2, 0) is 0 Å². The number of pyridine rings is 1. The molecule has 0 aromatic carbocycles. The Bertz CT molecular complexity index is 806. The van der Waals surface area contributed by atoms with Gasteiger partial charge in [0.15, 0.2) is 5.78 Å². The second kappa shape index (κ2) is 8.24. The van der Waals surface area contributed by atoms with E-state index in [4.69, 9.17) is 5.73 Å². The van der Waals surface area contributed by atoms with Crippen LogP contribution in [0.4, 0.5) is 5.82 Å². The minimum absolute atomic E-state index is 0.0449. The molecule has 0 fully saturated rings. The molecule has 2 aromatic rings. The maximum atomic E-state index is 11.4. The normalized spacial score (nSPS) is 11.7. The van der Waals surface area contributed by atoms with Crippen LogP contribution >= 0.6 is 11.3 Å². The maximum Gasteiger partial charge on any atom is 0.169 e. The lowest BCUT2D eigenvalue weighted by Gasteiger charge is -2.07. The minimum Gasteiger partial charge on any atom is -0.405 e. The van der Waals surface area contributed by atoms with E-state index < -0.39 is 0 Å². The minimum atomic E-state index is -0.134. The number of rotatable bonds is 7. The van der Waals surface area contributed by atoms with E-state index in [2.05, 4.69) is 16.9 Å². The topological polar surface area (TPSA) is 88.2 Å². The van der Waals surface area contributed by atoms with Gasteiger partial charge in [0.1, 0.15) is 5.82 Å². The van der Waals surface area contributed by atoms with Crippen molar-refractivity contribution >= 4 is 22.9 Å². The molecule has 0 saturated carbocycles. The number of anilines is 1. The molecule has 6 heteroatoms. The number of aromatic nitrogens is 1. The van der Waals surface area contributed by atoms with Crippen LogP contribution < -0.4 is 11.1 Å². The third-order valence-corrected chi connectivity index (χ3v) is 4.30.